The van der Waals surface area contributed by atoms with Gasteiger partial charge in [0.25, 0.3) is 0 Å². The molecule has 7 heteroatoms. The summed E-state index contributed by atoms with van der Waals surface area (Å²) >= 11 is 15.0. The minimum Gasteiger partial charge on any atom is -0.282 e. The zero-order valence-electron chi connectivity index (χ0n) is 8.59. The van der Waals surface area contributed by atoms with Gasteiger partial charge in [0.1, 0.15) is 0 Å². The third-order valence-electron chi connectivity index (χ3n) is 1.91. The smallest absolute Gasteiger partial charge is 0.235 e. The summed E-state index contributed by atoms with van der Waals surface area (Å²) in [6, 6.07) is 3.19. The molecule has 0 aliphatic carbocycles. The first-order valence-corrected chi connectivity index (χ1v) is 7.50. The number of hydrogen-bond donors (Lipinski definition) is 1. The van der Waals surface area contributed by atoms with E-state index in [0.717, 1.165) is 0 Å². The van der Waals surface area contributed by atoms with Crippen LogP contribution in [0.25, 0.3) is 0 Å². The Morgan fingerprint density at radius 3 is 2.31 bits per heavy atom. The Hall–Kier alpha value is 0.0300. The highest BCUT2D eigenvalue weighted by molar-refractivity contribution is 9.10. The van der Waals surface area contributed by atoms with Crippen LogP contribution in [0.15, 0.2) is 16.6 Å². The summed E-state index contributed by atoms with van der Waals surface area (Å²) < 4.78 is 26.3. The zero-order chi connectivity index (χ0) is 12.5. The maximum atomic E-state index is 11.6. The summed E-state index contributed by atoms with van der Waals surface area (Å²) in [6.45, 7) is 3.16. The molecule has 0 saturated heterocycles. The second-order valence-electron chi connectivity index (χ2n) is 3.42. The zero-order valence-corrected chi connectivity index (χ0v) is 12.5. The lowest BCUT2D eigenvalue weighted by Crippen LogP contribution is -2.22. The van der Waals surface area contributed by atoms with Crippen LogP contribution in [0.5, 0.6) is 0 Å². The van der Waals surface area contributed by atoms with Gasteiger partial charge in [-0.05, 0) is 41.9 Å². The maximum Gasteiger partial charge on any atom is 0.235 e. The van der Waals surface area contributed by atoms with Crippen molar-refractivity contribution in [3.8, 4) is 0 Å². The predicted molar refractivity (Wildman–Crippen MR) is 71.8 cm³/mol. The fourth-order valence-electron chi connectivity index (χ4n) is 0.876. The van der Waals surface area contributed by atoms with E-state index < -0.39 is 15.3 Å². The first kappa shape index (κ1) is 14.1. The third-order valence-corrected chi connectivity index (χ3v) is 5.42. The van der Waals surface area contributed by atoms with Crippen LogP contribution in [-0.4, -0.2) is 13.7 Å². The minimum atomic E-state index is -3.41. The van der Waals surface area contributed by atoms with E-state index in [2.05, 4.69) is 20.7 Å². The molecule has 0 heterocycles. The molecule has 0 spiro atoms. The molecule has 0 aliphatic heterocycles. The molecule has 0 aliphatic rings. The lowest BCUT2D eigenvalue weighted by atomic mass is 10.3. The van der Waals surface area contributed by atoms with Gasteiger partial charge in [0.05, 0.1) is 21.0 Å². The second-order valence-corrected chi connectivity index (χ2v) is 7.27. The van der Waals surface area contributed by atoms with Crippen molar-refractivity contribution in [3.05, 3.63) is 26.7 Å². The number of rotatable bonds is 3. The van der Waals surface area contributed by atoms with Gasteiger partial charge in [-0.25, -0.2) is 8.42 Å². The van der Waals surface area contributed by atoms with Crippen LogP contribution in [-0.2, 0) is 10.0 Å². The summed E-state index contributed by atoms with van der Waals surface area (Å²) in [4.78, 5) is 0. The third kappa shape index (κ3) is 3.03. The molecular formula is C9H10BrCl2NO2S. The molecule has 0 radical (unpaired) electrons. The minimum absolute atomic E-state index is 0.181. The first-order chi connectivity index (χ1) is 7.25. The average molecular weight is 347 g/mol. The maximum absolute atomic E-state index is 11.6. The summed E-state index contributed by atoms with van der Waals surface area (Å²) in [5.74, 6) is 0. The molecule has 0 fully saturated rings. The first-order valence-electron chi connectivity index (χ1n) is 4.41. The van der Waals surface area contributed by atoms with E-state index in [0.29, 0.717) is 4.47 Å². The molecule has 1 aromatic carbocycles. The Morgan fingerprint density at radius 2 is 1.81 bits per heavy atom. The fourth-order valence-corrected chi connectivity index (χ4v) is 2.47. The van der Waals surface area contributed by atoms with Gasteiger partial charge in [-0.2, -0.15) is 0 Å². The van der Waals surface area contributed by atoms with Crippen molar-refractivity contribution < 1.29 is 8.42 Å². The molecule has 1 N–H and O–H groups in total. The number of hydrogen-bond acceptors (Lipinski definition) is 2. The van der Waals surface area contributed by atoms with Crippen molar-refractivity contribution >= 4 is 54.8 Å². The van der Waals surface area contributed by atoms with Crippen molar-refractivity contribution in [1.82, 2.24) is 0 Å². The molecule has 16 heavy (non-hydrogen) atoms. The van der Waals surface area contributed by atoms with Gasteiger partial charge < -0.3 is 0 Å². The summed E-state index contributed by atoms with van der Waals surface area (Å²) in [5, 5.41) is -0.0723. The van der Waals surface area contributed by atoms with Crippen molar-refractivity contribution in [2.45, 2.75) is 19.1 Å². The van der Waals surface area contributed by atoms with Gasteiger partial charge >= 0.3 is 0 Å². The molecular weight excluding hydrogens is 337 g/mol. The molecule has 1 rings (SSSR count). The van der Waals surface area contributed by atoms with Crippen LogP contribution in [0.1, 0.15) is 13.8 Å². The van der Waals surface area contributed by atoms with Gasteiger partial charge in [0.15, 0.2) is 0 Å². The Morgan fingerprint density at radius 1 is 1.25 bits per heavy atom. The van der Waals surface area contributed by atoms with Crippen molar-refractivity contribution in [2.24, 2.45) is 0 Å². The van der Waals surface area contributed by atoms with Crippen LogP contribution >= 0.6 is 39.1 Å². The Balaban J connectivity index is 3.14. The molecule has 0 unspecified atom stereocenters. The Labute approximate surface area is 113 Å². The van der Waals surface area contributed by atoms with E-state index in [-0.39, 0.29) is 15.7 Å². The highest BCUT2D eigenvalue weighted by Crippen LogP contribution is 2.36. The Bertz CT molecular complexity index is 502. The van der Waals surface area contributed by atoms with Crippen LogP contribution in [0.3, 0.4) is 0 Å². The molecule has 0 aromatic heterocycles. The lowest BCUT2D eigenvalue weighted by molar-refractivity contribution is 0.593. The molecule has 0 bridgehead atoms. The van der Waals surface area contributed by atoms with Gasteiger partial charge in [-0.3, -0.25) is 4.72 Å². The van der Waals surface area contributed by atoms with Crippen LogP contribution < -0.4 is 4.72 Å². The molecule has 90 valence electrons. The average Bonchev–Trinajstić information content (AvgIpc) is 2.19. The van der Waals surface area contributed by atoms with Crippen LogP contribution in [0.2, 0.25) is 10.0 Å². The molecule has 1 aromatic rings. The van der Waals surface area contributed by atoms with E-state index in [9.17, 15) is 8.42 Å². The van der Waals surface area contributed by atoms with Crippen molar-refractivity contribution in [2.75, 3.05) is 4.72 Å². The molecule has 3 nitrogen and oxygen atoms in total. The fraction of sp³-hybridized carbons (Fsp3) is 0.333. The van der Waals surface area contributed by atoms with Crippen LogP contribution in [0.4, 0.5) is 5.69 Å². The standard InChI is InChI=1S/C9H10BrCl2NO2S/c1-5(2)16(14,15)13-7-4-3-6(10)8(11)9(7)12/h3-5,13H,1-2H3. The predicted octanol–water partition coefficient (Wildman–Crippen LogP) is 3.91. The summed E-state index contributed by atoms with van der Waals surface area (Å²) in [5.41, 5.74) is 0.281. The van der Waals surface area contributed by atoms with Crippen LogP contribution in [0, 0.1) is 0 Å². The second kappa shape index (κ2) is 5.12. The van der Waals surface area contributed by atoms with Crippen molar-refractivity contribution in [1.29, 1.82) is 0 Å². The molecule has 0 amide bonds. The van der Waals surface area contributed by atoms with Gasteiger partial charge in [-0.1, -0.05) is 23.2 Å². The number of halogens is 3. The Kier molecular flexibility index (Phi) is 4.51. The van der Waals surface area contributed by atoms with E-state index in [1.807, 2.05) is 0 Å². The summed E-state index contributed by atoms with van der Waals surface area (Å²) in [7, 11) is -3.41. The van der Waals surface area contributed by atoms with E-state index >= 15 is 0 Å². The summed E-state index contributed by atoms with van der Waals surface area (Å²) in [6.07, 6.45) is 0. The largest absolute Gasteiger partial charge is 0.282 e. The molecule has 0 saturated carbocycles. The number of anilines is 1. The van der Waals surface area contributed by atoms with Gasteiger partial charge in [0.2, 0.25) is 10.0 Å². The van der Waals surface area contributed by atoms with Gasteiger partial charge in [0, 0.05) is 4.47 Å². The highest BCUT2D eigenvalue weighted by atomic mass is 79.9. The van der Waals surface area contributed by atoms with Gasteiger partial charge in [-0.15, -0.1) is 0 Å². The number of nitrogens with one attached hydrogen (secondary N) is 1. The SMILES string of the molecule is CC(C)S(=O)(=O)Nc1ccc(Br)c(Cl)c1Cl. The quantitative estimate of drug-likeness (QED) is 0.843. The topological polar surface area (TPSA) is 46.2 Å². The normalized spacial score (nSPS) is 11.9. The van der Waals surface area contributed by atoms with E-state index in [1.54, 1.807) is 26.0 Å². The number of sulfonamides is 1. The van der Waals surface area contributed by atoms with Crippen molar-refractivity contribution in [3.63, 3.8) is 0 Å². The monoisotopic (exact) mass is 345 g/mol. The lowest BCUT2D eigenvalue weighted by Gasteiger charge is -2.13. The highest BCUT2D eigenvalue weighted by Gasteiger charge is 2.18. The molecule has 0 atom stereocenters. The van der Waals surface area contributed by atoms with E-state index in [1.165, 1.54) is 0 Å². The van der Waals surface area contributed by atoms with E-state index in [4.69, 9.17) is 23.2 Å². The number of benzene rings is 1.